The molecule has 0 spiro atoms. The van der Waals surface area contributed by atoms with Crippen molar-refractivity contribution >= 4 is 17.7 Å². The maximum atomic E-state index is 11.8. The van der Waals surface area contributed by atoms with Crippen LogP contribution in [0.25, 0.3) is 0 Å². The molecular weight excluding hydrogens is 222 g/mol. The van der Waals surface area contributed by atoms with E-state index >= 15 is 0 Å². The molecule has 1 unspecified atom stereocenters. The van der Waals surface area contributed by atoms with Crippen LogP contribution in [-0.4, -0.2) is 59.7 Å². The number of amides is 3. The van der Waals surface area contributed by atoms with E-state index in [0.29, 0.717) is 0 Å². The zero-order chi connectivity index (χ0) is 13.2. The summed E-state index contributed by atoms with van der Waals surface area (Å²) in [7, 11) is 1.66. The fraction of sp³-hybridized carbons (Fsp3) is 0.727. The Morgan fingerprint density at radius 1 is 1.53 bits per heavy atom. The molecule has 0 radical (unpaired) electrons. The van der Waals surface area contributed by atoms with Gasteiger partial charge in [0.15, 0.2) is 0 Å². The molecule has 1 heterocycles. The van der Waals surface area contributed by atoms with Crippen molar-refractivity contribution < 1.29 is 14.4 Å². The number of piperazine rings is 1. The minimum atomic E-state index is -0.412. The molecule has 1 aliphatic rings. The third kappa shape index (κ3) is 3.03. The van der Waals surface area contributed by atoms with Gasteiger partial charge in [0.05, 0.1) is 12.6 Å². The number of hydrogen-bond acceptors (Lipinski definition) is 4. The highest BCUT2D eigenvalue weighted by Gasteiger charge is 2.33. The van der Waals surface area contributed by atoms with Crippen LogP contribution in [0.3, 0.4) is 0 Å². The van der Waals surface area contributed by atoms with Gasteiger partial charge in [0, 0.05) is 13.1 Å². The van der Waals surface area contributed by atoms with Gasteiger partial charge in [-0.1, -0.05) is 0 Å². The van der Waals surface area contributed by atoms with Crippen molar-refractivity contribution in [3.63, 3.8) is 0 Å². The first-order valence-electron chi connectivity index (χ1n) is 5.67. The lowest BCUT2D eigenvalue weighted by atomic mass is 10.2. The number of hydrogen-bond donors (Lipinski definition) is 1. The Hall–Kier alpha value is -1.43. The summed E-state index contributed by atoms with van der Waals surface area (Å²) in [5, 5.41) is 2.77. The molecule has 17 heavy (non-hydrogen) atoms. The largest absolute Gasteiger partial charge is 0.342 e. The van der Waals surface area contributed by atoms with Gasteiger partial charge in [0.2, 0.25) is 17.7 Å². The topological polar surface area (TPSA) is 69.7 Å². The smallest absolute Gasteiger partial charge is 0.246 e. The van der Waals surface area contributed by atoms with Crippen molar-refractivity contribution in [1.29, 1.82) is 0 Å². The van der Waals surface area contributed by atoms with E-state index in [4.69, 9.17) is 0 Å². The van der Waals surface area contributed by atoms with Crippen molar-refractivity contribution in [3.8, 4) is 0 Å². The van der Waals surface area contributed by atoms with E-state index in [2.05, 4.69) is 5.32 Å². The summed E-state index contributed by atoms with van der Waals surface area (Å²) in [6.07, 6.45) is 0. The van der Waals surface area contributed by atoms with Gasteiger partial charge in [-0.2, -0.15) is 0 Å². The first-order valence-corrected chi connectivity index (χ1v) is 5.67. The van der Waals surface area contributed by atoms with E-state index in [9.17, 15) is 14.4 Å². The average Bonchev–Trinajstić information content (AvgIpc) is 2.28. The molecule has 1 N–H and O–H groups in total. The van der Waals surface area contributed by atoms with Gasteiger partial charge in [0.25, 0.3) is 0 Å². The summed E-state index contributed by atoms with van der Waals surface area (Å²) in [4.78, 5) is 37.6. The summed E-state index contributed by atoms with van der Waals surface area (Å²) < 4.78 is 0. The average molecular weight is 241 g/mol. The second-order valence-corrected chi connectivity index (χ2v) is 4.52. The van der Waals surface area contributed by atoms with Crippen LogP contribution in [0.5, 0.6) is 0 Å². The van der Waals surface area contributed by atoms with Gasteiger partial charge in [-0.25, -0.2) is 0 Å². The van der Waals surface area contributed by atoms with Crippen LogP contribution in [-0.2, 0) is 14.4 Å². The lowest BCUT2D eigenvalue weighted by Crippen LogP contribution is -2.59. The van der Waals surface area contributed by atoms with Gasteiger partial charge in [-0.05, 0) is 20.8 Å². The molecular formula is C11H19N3O3. The lowest BCUT2D eigenvalue weighted by Gasteiger charge is -2.31. The number of nitrogens with one attached hydrogen (secondary N) is 1. The van der Waals surface area contributed by atoms with Gasteiger partial charge in [-0.15, -0.1) is 0 Å². The second-order valence-electron chi connectivity index (χ2n) is 4.52. The molecule has 0 aliphatic carbocycles. The zero-order valence-electron chi connectivity index (χ0n) is 10.7. The molecule has 0 bridgehead atoms. The SMILES string of the molecule is CC1NCC(=O)N(CC(=O)N(C)C(C)C)C1=O. The Morgan fingerprint density at radius 2 is 2.12 bits per heavy atom. The first kappa shape index (κ1) is 13.6. The molecule has 6 nitrogen and oxygen atoms in total. The molecule has 0 saturated carbocycles. The molecule has 96 valence electrons. The van der Waals surface area contributed by atoms with Crippen LogP contribution in [0, 0.1) is 0 Å². The van der Waals surface area contributed by atoms with Crippen molar-refractivity contribution in [2.45, 2.75) is 32.9 Å². The summed E-state index contributed by atoms with van der Waals surface area (Å²) in [5.74, 6) is -0.916. The fourth-order valence-electron chi connectivity index (χ4n) is 1.48. The lowest BCUT2D eigenvalue weighted by molar-refractivity contribution is -0.153. The highest BCUT2D eigenvalue weighted by Crippen LogP contribution is 2.04. The number of carbonyl (C=O) groups excluding carboxylic acids is 3. The standard InChI is InChI=1S/C11H19N3O3/c1-7(2)13(4)10(16)6-14-9(15)5-12-8(3)11(14)17/h7-8,12H,5-6H2,1-4H3. The summed E-state index contributed by atoms with van der Waals surface area (Å²) in [5.41, 5.74) is 0. The number of carbonyl (C=O) groups is 3. The third-order valence-corrected chi connectivity index (χ3v) is 2.96. The first-order chi connectivity index (χ1) is 7.84. The van der Waals surface area contributed by atoms with E-state index in [-0.39, 0.29) is 36.9 Å². The molecule has 1 atom stereocenters. The number of rotatable bonds is 3. The Labute approximate surface area is 101 Å². The number of imide groups is 1. The highest BCUT2D eigenvalue weighted by atomic mass is 16.2. The molecule has 0 aromatic carbocycles. The Kier molecular flexibility index (Phi) is 4.22. The van der Waals surface area contributed by atoms with Crippen LogP contribution in [0.2, 0.25) is 0 Å². The van der Waals surface area contributed by atoms with Crippen LogP contribution in [0.1, 0.15) is 20.8 Å². The number of likely N-dealkylation sites (N-methyl/N-ethyl adjacent to an activating group) is 1. The van der Waals surface area contributed by atoms with Crippen LogP contribution in [0.15, 0.2) is 0 Å². The van der Waals surface area contributed by atoms with Gasteiger partial charge >= 0.3 is 0 Å². The summed E-state index contributed by atoms with van der Waals surface area (Å²) in [6, 6.07) is -0.363. The van der Waals surface area contributed by atoms with E-state index < -0.39 is 6.04 Å². The third-order valence-electron chi connectivity index (χ3n) is 2.96. The van der Waals surface area contributed by atoms with E-state index in [1.165, 1.54) is 4.90 Å². The molecule has 0 aromatic heterocycles. The molecule has 1 saturated heterocycles. The molecule has 1 aliphatic heterocycles. The van der Waals surface area contributed by atoms with Gasteiger partial charge < -0.3 is 4.90 Å². The van der Waals surface area contributed by atoms with Gasteiger partial charge in [-0.3, -0.25) is 24.6 Å². The minimum Gasteiger partial charge on any atom is -0.342 e. The molecule has 1 rings (SSSR count). The zero-order valence-corrected chi connectivity index (χ0v) is 10.7. The quantitative estimate of drug-likeness (QED) is 0.657. The predicted octanol–water partition coefficient (Wildman–Crippen LogP) is -0.800. The normalized spacial score (nSPS) is 21.0. The van der Waals surface area contributed by atoms with Crippen molar-refractivity contribution in [1.82, 2.24) is 15.1 Å². The Balaban J connectivity index is 2.69. The van der Waals surface area contributed by atoms with Crippen molar-refractivity contribution in [3.05, 3.63) is 0 Å². The summed E-state index contributed by atoms with van der Waals surface area (Å²) in [6.45, 7) is 5.37. The summed E-state index contributed by atoms with van der Waals surface area (Å²) >= 11 is 0. The minimum absolute atomic E-state index is 0.0491. The predicted molar refractivity (Wildman–Crippen MR) is 62.1 cm³/mol. The van der Waals surface area contributed by atoms with E-state index in [0.717, 1.165) is 4.90 Å². The Bertz CT molecular complexity index is 341. The number of nitrogens with zero attached hydrogens (tertiary/aromatic N) is 2. The molecule has 1 fully saturated rings. The Morgan fingerprint density at radius 3 is 2.65 bits per heavy atom. The van der Waals surface area contributed by atoms with Crippen LogP contribution in [0.4, 0.5) is 0 Å². The van der Waals surface area contributed by atoms with E-state index in [1.807, 2.05) is 13.8 Å². The highest BCUT2D eigenvalue weighted by molar-refractivity contribution is 6.03. The van der Waals surface area contributed by atoms with Crippen molar-refractivity contribution in [2.24, 2.45) is 0 Å². The van der Waals surface area contributed by atoms with Crippen LogP contribution >= 0.6 is 0 Å². The molecule has 6 heteroatoms. The monoisotopic (exact) mass is 241 g/mol. The molecule has 3 amide bonds. The maximum absolute atomic E-state index is 11.8. The van der Waals surface area contributed by atoms with E-state index in [1.54, 1.807) is 14.0 Å². The van der Waals surface area contributed by atoms with Crippen molar-refractivity contribution in [2.75, 3.05) is 20.1 Å². The maximum Gasteiger partial charge on any atom is 0.246 e. The van der Waals surface area contributed by atoms with Crippen LogP contribution < -0.4 is 5.32 Å². The fourth-order valence-corrected chi connectivity index (χ4v) is 1.48. The molecule has 0 aromatic rings. The second kappa shape index (κ2) is 5.27. The van der Waals surface area contributed by atoms with Gasteiger partial charge in [0.1, 0.15) is 6.54 Å².